The Balaban J connectivity index is 1.91. The Hall–Kier alpha value is -2.08. The van der Waals surface area contributed by atoms with E-state index in [1.54, 1.807) is 12.1 Å². The molecule has 1 heterocycles. The molecule has 0 bridgehead atoms. The van der Waals surface area contributed by atoms with E-state index in [1.165, 1.54) is 6.07 Å². The molecule has 2 aromatic rings. The number of nitro groups is 1. The molecule has 1 atom stereocenters. The molecule has 2 aromatic carbocycles. The summed E-state index contributed by atoms with van der Waals surface area (Å²) in [7, 11) is 0. The second kappa shape index (κ2) is 5.73. The molecule has 1 N–H and O–H groups in total. The average molecular weight is 349 g/mol. The Morgan fingerprint density at radius 1 is 1.29 bits per heavy atom. The third-order valence-electron chi connectivity index (χ3n) is 3.45. The van der Waals surface area contributed by atoms with Crippen LogP contribution in [0.15, 0.2) is 46.9 Å². The lowest BCUT2D eigenvalue weighted by Crippen LogP contribution is -2.20. The molecule has 0 amide bonds. The van der Waals surface area contributed by atoms with E-state index in [9.17, 15) is 10.1 Å². The predicted octanol–water partition coefficient (Wildman–Crippen LogP) is 4.29. The minimum Gasteiger partial charge on any atom is -0.493 e. The number of rotatable bonds is 3. The number of nitrogens with one attached hydrogen (secondary N) is 1. The Morgan fingerprint density at radius 3 is 2.90 bits per heavy atom. The minimum absolute atomic E-state index is 0.0704. The highest BCUT2D eigenvalue weighted by Gasteiger charge is 2.22. The number of benzene rings is 2. The van der Waals surface area contributed by atoms with E-state index >= 15 is 0 Å². The summed E-state index contributed by atoms with van der Waals surface area (Å²) in [5, 5.41) is 14.3. The number of ether oxygens (including phenoxy) is 1. The van der Waals surface area contributed by atoms with Crippen LogP contribution in [0.5, 0.6) is 5.75 Å². The van der Waals surface area contributed by atoms with E-state index in [4.69, 9.17) is 4.74 Å². The first-order valence-electron chi connectivity index (χ1n) is 6.57. The Labute approximate surface area is 130 Å². The van der Waals surface area contributed by atoms with Crippen LogP contribution in [0.3, 0.4) is 0 Å². The van der Waals surface area contributed by atoms with Crippen LogP contribution in [0.4, 0.5) is 11.4 Å². The SMILES string of the molecule is O=[N+]([O-])c1ccc(Br)c(NC2CCOc3ccccc32)c1. The van der Waals surface area contributed by atoms with Gasteiger partial charge in [0.15, 0.2) is 0 Å². The number of fused-ring (bicyclic) bond motifs is 1. The fourth-order valence-electron chi connectivity index (χ4n) is 2.42. The van der Waals surface area contributed by atoms with Gasteiger partial charge >= 0.3 is 0 Å². The van der Waals surface area contributed by atoms with Crippen molar-refractivity contribution in [3.63, 3.8) is 0 Å². The molecule has 1 aliphatic rings. The molecule has 1 unspecified atom stereocenters. The molecule has 0 fully saturated rings. The van der Waals surface area contributed by atoms with Gasteiger partial charge in [-0.05, 0) is 28.1 Å². The van der Waals surface area contributed by atoms with E-state index in [2.05, 4.69) is 21.2 Å². The lowest BCUT2D eigenvalue weighted by molar-refractivity contribution is -0.384. The van der Waals surface area contributed by atoms with Crippen LogP contribution in [0, 0.1) is 10.1 Å². The van der Waals surface area contributed by atoms with E-state index in [-0.39, 0.29) is 11.7 Å². The van der Waals surface area contributed by atoms with Crippen molar-refractivity contribution in [3.8, 4) is 5.75 Å². The first-order chi connectivity index (χ1) is 10.1. The van der Waals surface area contributed by atoms with Crippen molar-refractivity contribution in [3.05, 3.63) is 62.6 Å². The first kappa shape index (κ1) is 13.9. The molecule has 5 nitrogen and oxygen atoms in total. The molecule has 0 aromatic heterocycles. The fraction of sp³-hybridized carbons (Fsp3) is 0.200. The summed E-state index contributed by atoms with van der Waals surface area (Å²) >= 11 is 3.43. The van der Waals surface area contributed by atoms with Crippen LogP contribution >= 0.6 is 15.9 Å². The normalized spacial score (nSPS) is 16.7. The number of para-hydroxylation sites is 1. The summed E-state index contributed by atoms with van der Waals surface area (Å²) in [4.78, 5) is 10.5. The monoisotopic (exact) mass is 348 g/mol. The van der Waals surface area contributed by atoms with Gasteiger partial charge in [-0.2, -0.15) is 0 Å². The highest BCUT2D eigenvalue weighted by Crippen LogP contribution is 2.36. The van der Waals surface area contributed by atoms with Crippen LogP contribution in [0.25, 0.3) is 0 Å². The van der Waals surface area contributed by atoms with E-state index < -0.39 is 4.92 Å². The lowest BCUT2D eigenvalue weighted by Gasteiger charge is -2.27. The lowest BCUT2D eigenvalue weighted by atomic mass is 10.0. The Kier molecular flexibility index (Phi) is 3.79. The standard InChI is InChI=1S/C15H13BrN2O3/c16-12-6-5-10(18(19)20)9-14(12)17-13-7-8-21-15-4-2-1-3-11(13)15/h1-6,9,13,17H,7-8H2. The number of nitrogens with zero attached hydrogens (tertiary/aromatic N) is 1. The van der Waals surface area contributed by atoms with Crippen molar-refractivity contribution in [1.29, 1.82) is 0 Å². The van der Waals surface area contributed by atoms with Gasteiger partial charge in [-0.1, -0.05) is 18.2 Å². The first-order valence-corrected chi connectivity index (χ1v) is 7.36. The largest absolute Gasteiger partial charge is 0.493 e. The molecule has 0 saturated carbocycles. The van der Waals surface area contributed by atoms with Gasteiger partial charge in [0.25, 0.3) is 5.69 Å². The molecule has 0 spiro atoms. The highest BCUT2D eigenvalue weighted by molar-refractivity contribution is 9.10. The second-order valence-electron chi connectivity index (χ2n) is 4.79. The molecule has 6 heteroatoms. The number of nitro benzene ring substituents is 1. The topological polar surface area (TPSA) is 64.4 Å². The molecule has 108 valence electrons. The van der Waals surface area contributed by atoms with Crippen molar-refractivity contribution >= 4 is 27.3 Å². The number of anilines is 1. The number of hydrogen-bond donors (Lipinski definition) is 1. The second-order valence-corrected chi connectivity index (χ2v) is 5.65. The average Bonchev–Trinajstić information content (AvgIpc) is 2.49. The van der Waals surface area contributed by atoms with Crippen molar-refractivity contribution in [2.75, 3.05) is 11.9 Å². The van der Waals surface area contributed by atoms with Gasteiger partial charge in [-0.15, -0.1) is 0 Å². The zero-order valence-corrected chi connectivity index (χ0v) is 12.7. The summed E-state index contributed by atoms with van der Waals surface area (Å²) in [6.45, 7) is 0.626. The Bertz CT molecular complexity index is 690. The van der Waals surface area contributed by atoms with Crippen LogP contribution in [-0.4, -0.2) is 11.5 Å². The van der Waals surface area contributed by atoms with E-state index in [0.717, 1.165) is 22.2 Å². The van der Waals surface area contributed by atoms with Gasteiger partial charge in [-0.3, -0.25) is 10.1 Å². The molecule has 21 heavy (non-hydrogen) atoms. The maximum Gasteiger partial charge on any atom is 0.271 e. The third kappa shape index (κ3) is 2.85. The van der Waals surface area contributed by atoms with Gasteiger partial charge in [-0.25, -0.2) is 0 Å². The summed E-state index contributed by atoms with van der Waals surface area (Å²) in [6, 6.07) is 12.6. The molecular weight excluding hydrogens is 336 g/mol. The highest BCUT2D eigenvalue weighted by atomic mass is 79.9. The maximum absolute atomic E-state index is 10.9. The van der Waals surface area contributed by atoms with Gasteiger partial charge in [0.2, 0.25) is 0 Å². The fourth-order valence-corrected chi connectivity index (χ4v) is 2.78. The quantitative estimate of drug-likeness (QED) is 0.663. The van der Waals surface area contributed by atoms with E-state index in [0.29, 0.717) is 12.3 Å². The van der Waals surface area contributed by atoms with Crippen LogP contribution in [-0.2, 0) is 0 Å². The minimum atomic E-state index is -0.393. The zero-order chi connectivity index (χ0) is 14.8. The van der Waals surface area contributed by atoms with Crippen molar-refractivity contribution < 1.29 is 9.66 Å². The van der Waals surface area contributed by atoms with Crippen molar-refractivity contribution in [2.24, 2.45) is 0 Å². The van der Waals surface area contributed by atoms with Gasteiger partial charge < -0.3 is 10.1 Å². The zero-order valence-electron chi connectivity index (χ0n) is 11.1. The van der Waals surface area contributed by atoms with Crippen LogP contribution in [0.1, 0.15) is 18.0 Å². The van der Waals surface area contributed by atoms with Gasteiger partial charge in [0.1, 0.15) is 5.75 Å². The summed E-state index contributed by atoms with van der Waals surface area (Å²) < 4.78 is 6.43. The van der Waals surface area contributed by atoms with Crippen molar-refractivity contribution in [2.45, 2.75) is 12.5 Å². The number of hydrogen-bond acceptors (Lipinski definition) is 4. The van der Waals surface area contributed by atoms with Crippen molar-refractivity contribution in [1.82, 2.24) is 0 Å². The maximum atomic E-state index is 10.9. The number of halogens is 1. The molecule has 0 radical (unpaired) electrons. The molecule has 1 aliphatic heterocycles. The third-order valence-corrected chi connectivity index (χ3v) is 4.14. The number of non-ortho nitro benzene ring substituents is 1. The predicted molar refractivity (Wildman–Crippen MR) is 83.7 cm³/mol. The molecule has 0 aliphatic carbocycles. The summed E-state index contributed by atoms with van der Waals surface area (Å²) in [5.74, 6) is 0.864. The molecule has 3 rings (SSSR count). The smallest absolute Gasteiger partial charge is 0.271 e. The molecular formula is C15H13BrN2O3. The van der Waals surface area contributed by atoms with Crippen LogP contribution in [0.2, 0.25) is 0 Å². The van der Waals surface area contributed by atoms with Gasteiger partial charge in [0.05, 0.1) is 23.3 Å². The Morgan fingerprint density at radius 2 is 2.10 bits per heavy atom. The van der Waals surface area contributed by atoms with E-state index in [1.807, 2.05) is 24.3 Å². The van der Waals surface area contributed by atoms with Gasteiger partial charge in [0, 0.05) is 28.6 Å². The molecule has 0 saturated heterocycles. The van der Waals surface area contributed by atoms with Crippen LogP contribution < -0.4 is 10.1 Å². The summed E-state index contributed by atoms with van der Waals surface area (Å²) in [5.41, 5.74) is 1.86. The summed E-state index contributed by atoms with van der Waals surface area (Å²) in [6.07, 6.45) is 0.812.